The Bertz CT molecular complexity index is 1130. The van der Waals surface area contributed by atoms with E-state index in [0.717, 1.165) is 61.7 Å². The first kappa shape index (κ1) is 23.9. The van der Waals surface area contributed by atoms with Crippen molar-refractivity contribution in [2.45, 2.75) is 39.0 Å². The third-order valence-corrected chi connectivity index (χ3v) is 7.10. The molecule has 1 aromatic carbocycles. The van der Waals surface area contributed by atoms with Crippen molar-refractivity contribution >= 4 is 11.3 Å². The van der Waals surface area contributed by atoms with Crippen molar-refractivity contribution in [2.75, 3.05) is 32.8 Å². The molecule has 5 nitrogen and oxygen atoms in total. The monoisotopic (exact) mass is 475 g/mol. The second-order valence-electron chi connectivity index (χ2n) is 10.1. The Morgan fingerprint density at radius 2 is 1.74 bits per heavy atom. The molecule has 1 aromatic heterocycles. The first-order chi connectivity index (χ1) is 16.9. The largest absolute Gasteiger partial charge is 0.381 e. The summed E-state index contributed by atoms with van der Waals surface area (Å²) in [6.07, 6.45) is 9.19. The summed E-state index contributed by atoms with van der Waals surface area (Å²) >= 11 is 0. The molecule has 0 aliphatic carbocycles. The van der Waals surface area contributed by atoms with Crippen LogP contribution in [0.25, 0.3) is 11.3 Å². The molecule has 0 spiro atoms. The maximum atomic E-state index is 13.6. The van der Waals surface area contributed by atoms with Gasteiger partial charge in [-0.2, -0.15) is 0 Å². The first-order valence-electron chi connectivity index (χ1n) is 12.5. The van der Waals surface area contributed by atoms with Gasteiger partial charge < -0.3 is 14.8 Å². The molecule has 5 rings (SSSR count). The summed E-state index contributed by atoms with van der Waals surface area (Å²) in [5, 5.41) is 3.54. The lowest BCUT2D eigenvalue weighted by Crippen LogP contribution is -2.52. The summed E-state index contributed by atoms with van der Waals surface area (Å²) < 4.78 is 25.8. The van der Waals surface area contributed by atoms with Gasteiger partial charge >= 0.3 is 0 Å². The van der Waals surface area contributed by atoms with Gasteiger partial charge in [-0.1, -0.05) is 19.1 Å². The van der Waals surface area contributed by atoms with Crippen molar-refractivity contribution in [1.82, 2.24) is 15.2 Å². The lowest BCUT2D eigenvalue weighted by Gasteiger charge is -2.43. The molecule has 1 saturated heterocycles. The van der Waals surface area contributed by atoms with Gasteiger partial charge in [0, 0.05) is 43.0 Å². The second-order valence-corrected chi connectivity index (χ2v) is 10.1. The zero-order chi connectivity index (χ0) is 24.4. The molecule has 6 heteroatoms. The van der Waals surface area contributed by atoms with E-state index in [1.807, 2.05) is 36.7 Å². The van der Waals surface area contributed by atoms with Crippen LogP contribution in [0.5, 0.6) is 0 Å². The molecule has 0 amide bonds. The SMILES string of the molecule is CC1COC(C)(CN2CC=C(C3=CCNC(c4ccc(F)cc4)=C3c3ccncc3)C[C@@H]2C)OC1. The molecule has 4 heterocycles. The number of ether oxygens (including phenoxy) is 2. The van der Waals surface area contributed by atoms with Crippen LogP contribution in [0.4, 0.5) is 4.39 Å². The average Bonchev–Trinajstić information content (AvgIpc) is 2.88. The minimum atomic E-state index is -0.558. The Morgan fingerprint density at radius 3 is 2.43 bits per heavy atom. The molecule has 3 aliphatic heterocycles. The van der Waals surface area contributed by atoms with Crippen molar-refractivity contribution < 1.29 is 13.9 Å². The highest BCUT2D eigenvalue weighted by Gasteiger charge is 2.36. The third kappa shape index (κ3) is 5.25. The predicted molar refractivity (Wildman–Crippen MR) is 137 cm³/mol. The van der Waals surface area contributed by atoms with Gasteiger partial charge in [-0.15, -0.1) is 0 Å². The second kappa shape index (κ2) is 10.1. The molecular formula is C29H34FN3O2. The number of hydrogen-bond acceptors (Lipinski definition) is 5. The molecule has 0 bridgehead atoms. The van der Waals surface area contributed by atoms with Gasteiger partial charge in [0.2, 0.25) is 0 Å². The number of rotatable bonds is 5. The van der Waals surface area contributed by atoms with E-state index in [4.69, 9.17) is 9.47 Å². The minimum Gasteiger partial charge on any atom is -0.381 e. The third-order valence-electron chi connectivity index (χ3n) is 7.10. The van der Waals surface area contributed by atoms with Crippen molar-refractivity contribution in [1.29, 1.82) is 0 Å². The van der Waals surface area contributed by atoms with E-state index in [2.05, 4.69) is 48.1 Å². The van der Waals surface area contributed by atoms with Crippen molar-refractivity contribution in [3.05, 3.63) is 89.0 Å². The summed E-state index contributed by atoms with van der Waals surface area (Å²) in [4.78, 5) is 6.66. The number of hydrogen-bond donors (Lipinski definition) is 1. The fourth-order valence-corrected chi connectivity index (χ4v) is 5.12. The van der Waals surface area contributed by atoms with Crippen molar-refractivity contribution in [3.8, 4) is 0 Å². The average molecular weight is 476 g/mol. The molecule has 1 atom stereocenters. The van der Waals surface area contributed by atoms with E-state index in [9.17, 15) is 4.39 Å². The number of nitrogens with zero attached hydrogens (tertiary/aromatic N) is 2. The van der Waals surface area contributed by atoms with Crippen LogP contribution in [0.1, 0.15) is 38.3 Å². The van der Waals surface area contributed by atoms with E-state index < -0.39 is 5.79 Å². The van der Waals surface area contributed by atoms with Crippen LogP contribution in [0, 0.1) is 11.7 Å². The molecule has 3 aliphatic rings. The number of aromatic nitrogens is 1. The van der Waals surface area contributed by atoms with Crippen LogP contribution >= 0.6 is 0 Å². The smallest absolute Gasteiger partial charge is 0.178 e. The molecule has 2 aromatic rings. The topological polar surface area (TPSA) is 46.6 Å². The van der Waals surface area contributed by atoms with Crippen LogP contribution < -0.4 is 5.32 Å². The van der Waals surface area contributed by atoms with E-state index in [0.29, 0.717) is 12.0 Å². The number of benzene rings is 1. The summed E-state index contributed by atoms with van der Waals surface area (Å²) in [5.74, 6) is -0.351. The maximum Gasteiger partial charge on any atom is 0.178 e. The van der Waals surface area contributed by atoms with Gasteiger partial charge in [-0.05, 0) is 78.9 Å². The Labute approximate surface area is 207 Å². The van der Waals surface area contributed by atoms with Gasteiger partial charge in [0.1, 0.15) is 5.82 Å². The lowest BCUT2D eigenvalue weighted by atomic mass is 9.83. The molecule has 184 valence electrons. The maximum absolute atomic E-state index is 13.6. The zero-order valence-corrected chi connectivity index (χ0v) is 20.8. The lowest BCUT2D eigenvalue weighted by molar-refractivity contribution is -0.277. The van der Waals surface area contributed by atoms with Crippen LogP contribution in [0.2, 0.25) is 0 Å². The molecule has 0 unspecified atom stereocenters. The van der Waals surface area contributed by atoms with Gasteiger partial charge in [-0.3, -0.25) is 9.88 Å². The van der Waals surface area contributed by atoms with Crippen LogP contribution in [0.15, 0.2) is 72.1 Å². The van der Waals surface area contributed by atoms with Crippen molar-refractivity contribution in [2.24, 2.45) is 5.92 Å². The molecule has 1 N–H and O–H groups in total. The molecule has 0 radical (unpaired) electrons. The molecule has 1 fully saturated rings. The number of dihydropyridines is 1. The highest BCUT2D eigenvalue weighted by Crippen LogP contribution is 2.39. The van der Waals surface area contributed by atoms with Gasteiger partial charge in [-0.25, -0.2) is 4.39 Å². The Hall–Kier alpha value is -2.80. The van der Waals surface area contributed by atoms with E-state index in [1.54, 1.807) is 0 Å². The molecule has 35 heavy (non-hydrogen) atoms. The minimum absolute atomic E-state index is 0.232. The zero-order valence-electron chi connectivity index (χ0n) is 20.8. The van der Waals surface area contributed by atoms with Crippen LogP contribution in [-0.2, 0) is 9.47 Å². The Kier molecular flexibility index (Phi) is 6.87. The van der Waals surface area contributed by atoms with Crippen LogP contribution in [0.3, 0.4) is 0 Å². The molecular weight excluding hydrogens is 441 g/mol. The Morgan fingerprint density at radius 1 is 1.03 bits per heavy atom. The van der Waals surface area contributed by atoms with Crippen LogP contribution in [-0.4, -0.2) is 54.6 Å². The highest BCUT2D eigenvalue weighted by molar-refractivity contribution is 6.00. The van der Waals surface area contributed by atoms with Gasteiger partial charge in [0.05, 0.1) is 25.5 Å². The fraction of sp³-hybridized carbons (Fsp3) is 0.414. The quantitative estimate of drug-likeness (QED) is 0.657. The normalized spacial score (nSPS) is 27.8. The molecule has 0 saturated carbocycles. The summed E-state index contributed by atoms with van der Waals surface area (Å²) in [6.45, 7) is 10.3. The number of allylic oxidation sites excluding steroid dienone is 2. The van der Waals surface area contributed by atoms with Crippen molar-refractivity contribution in [3.63, 3.8) is 0 Å². The van der Waals surface area contributed by atoms with E-state index >= 15 is 0 Å². The Balaban J connectivity index is 1.44. The number of nitrogens with one attached hydrogen (secondary N) is 1. The van der Waals surface area contributed by atoms with Gasteiger partial charge in [0.15, 0.2) is 5.79 Å². The first-order valence-corrected chi connectivity index (χ1v) is 12.5. The summed E-state index contributed by atoms with van der Waals surface area (Å²) in [7, 11) is 0. The predicted octanol–water partition coefficient (Wildman–Crippen LogP) is 5.04. The number of pyridine rings is 1. The van der Waals surface area contributed by atoms with E-state index in [1.165, 1.54) is 23.3 Å². The number of halogens is 1. The fourth-order valence-electron chi connectivity index (χ4n) is 5.12. The summed E-state index contributed by atoms with van der Waals surface area (Å²) in [5.41, 5.74) is 6.81. The van der Waals surface area contributed by atoms with E-state index in [-0.39, 0.29) is 5.82 Å². The summed E-state index contributed by atoms with van der Waals surface area (Å²) in [6, 6.07) is 11.1. The van der Waals surface area contributed by atoms with Gasteiger partial charge in [0.25, 0.3) is 0 Å². The highest BCUT2D eigenvalue weighted by atomic mass is 19.1. The standard InChI is InChI=1S/C29H34FN3O2/c1-20-17-34-29(3,35-18-20)19-33-15-11-24(16-21(33)2)26-10-14-32-28(23-4-6-25(30)7-5-23)27(26)22-8-12-31-13-9-22/h4-13,20-21,32H,14-19H2,1-3H3/t20?,21-,29?/m0/s1.